The molecule has 23 heavy (non-hydrogen) atoms. The molecule has 0 saturated carbocycles. The maximum atomic E-state index is 12.0. The van der Waals surface area contributed by atoms with Crippen molar-refractivity contribution in [3.8, 4) is 5.75 Å². The smallest absolute Gasteiger partial charge is 0.407 e. The van der Waals surface area contributed by atoms with Crippen LogP contribution in [-0.2, 0) is 11.3 Å². The van der Waals surface area contributed by atoms with Crippen molar-refractivity contribution in [3.63, 3.8) is 0 Å². The molecule has 0 bridgehead atoms. The summed E-state index contributed by atoms with van der Waals surface area (Å²) in [6.07, 6.45) is 0.988. The van der Waals surface area contributed by atoms with Gasteiger partial charge in [0.25, 0.3) is 5.56 Å². The Morgan fingerprint density at radius 1 is 1.30 bits per heavy atom. The van der Waals surface area contributed by atoms with Gasteiger partial charge >= 0.3 is 6.09 Å². The van der Waals surface area contributed by atoms with Crippen LogP contribution in [0, 0.1) is 0 Å². The largest absolute Gasteiger partial charge is 0.490 e. The third kappa shape index (κ3) is 5.46. The zero-order chi connectivity index (χ0) is 16.5. The number of rotatable bonds is 7. The highest BCUT2D eigenvalue weighted by atomic mass is 16.5. The second-order valence-electron chi connectivity index (χ2n) is 4.67. The van der Waals surface area contributed by atoms with Crippen LogP contribution in [0.3, 0.4) is 0 Å². The molecule has 1 aromatic heterocycles. The van der Waals surface area contributed by atoms with Gasteiger partial charge in [-0.3, -0.25) is 4.79 Å². The first-order chi connectivity index (χ1) is 11.2. The fourth-order valence-corrected chi connectivity index (χ4v) is 1.88. The summed E-state index contributed by atoms with van der Waals surface area (Å²) in [5, 5.41) is 6.61. The van der Waals surface area contributed by atoms with Crippen molar-refractivity contribution in [2.75, 3.05) is 19.8 Å². The lowest BCUT2D eigenvalue weighted by Gasteiger charge is -2.09. The van der Waals surface area contributed by atoms with Gasteiger partial charge in [-0.05, 0) is 12.5 Å². The molecule has 0 fully saturated rings. The molecule has 1 heterocycles. The van der Waals surface area contributed by atoms with Gasteiger partial charge in [-0.1, -0.05) is 30.3 Å². The summed E-state index contributed by atoms with van der Waals surface area (Å²) in [7, 11) is 0. The van der Waals surface area contributed by atoms with Gasteiger partial charge in [0.05, 0.1) is 25.9 Å². The summed E-state index contributed by atoms with van der Waals surface area (Å²) in [5.41, 5.74) is 0.749. The van der Waals surface area contributed by atoms with Crippen LogP contribution >= 0.6 is 0 Å². The maximum Gasteiger partial charge on any atom is 0.407 e. The van der Waals surface area contributed by atoms with Gasteiger partial charge in [0.2, 0.25) is 0 Å². The van der Waals surface area contributed by atoms with Crippen molar-refractivity contribution >= 4 is 6.09 Å². The SMILES string of the molecule is CCOC(=O)NCCOc1cnn(Cc2ccccc2)c(=O)c1. The number of nitrogens with one attached hydrogen (secondary N) is 1. The van der Waals surface area contributed by atoms with E-state index in [9.17, 15) is 9.59 Å². The molecule has 0 saturated heterocycles. The fraction of sp³-hybridized carbons (Fsp3) is 0.312. The number of ether oxygens (including phenoxy) is 2. The Bertz CT molecular complexity index is 685. The topological polar surface area (TPSA) is 82.4 Å². The molecular formula is C16H19N3O4. The summed E-state index contributed by atoms with van der Waals surface area (Å²) >= 11 is 0. The van der Waals surface area contributed by atoms with Crippen LogP contribution in [0.25, 0.3) is 0 Å². The molecule has 7 heteroatoms. The first-order valence-electron chi connectivity index (χ1n) is 7.33. The summed E-state index contributed by atoms with van der Waals surface area (Å²) in [5.74, 6) is 0.366. The van der Waals surface area contributed by atoms with Crippen molar-refractivity contribution in [1.82, 2.24) is 15.1 Å². The minimum Gasteiger partial charge on any atom is -0.490 e. The van der Waals surface area contributed by atoms with Gasteiger partial charge in [-0.15, -0.1) is 0 Å². The van der Waals surface area contributed by atoms with Crippen molar-refractivity contribution in [3.05, 3.63) is 58.5 Å². The summed E-state index contributed by atoms with van der Waals surface area (Å²) in [6.45, 7) is 2.96. The number of hydrogen-bond donors (Lipinski definition) is 1. The van der Waals surface area contributed by atoms with Crippen LogP contribution in [0.15, 0.2) is 47.4 Å². The second-order valence-corrected chi connectivity index (χ2v) is 4.67. The van der Waals surface area contributed by atoms with Crippen molar-refractivity contribution in [2.45, 2.75) is 13.5 Å². The predicted octanol–water partition coefficient (Wildman–Crippen LogP) is 1.42. The molecular weight excluding hydrogens is 298 g/mol. The van der Waals surface area contributed by atoms with Crippen LogP contribution in [-0.4, -0.2) is 35.6 Å². The van der Waals surface area contributed by atoms with Gasteiger partial charge in [0.15, 0.2) is 0 Å². The molecule has 1 amide bonds. The molecule has 0 spiro atoms. The number of benzene rings is 1. The Labute approximate surface area is 133 Å². The highest BCUT2D eigenvalue weighted by molar-refractivity contribution is 5.66. The highest BCUT2D eigenvalue weighted by Crippen LogP contribution is 2.04. The molecule has 0 unspecified atom stereocenters. The molecule has 2 rings (SSSR count). The monoisotopic (exact) mass is 317 g/mol. The van der Waals surface area contributed by atoms with Gasteiger partial charge < -0.3 is 14.8 Å². The molecule has 1 N–H and O–H groups in total. The highest BCUT2D eigenvalue weighted by Gasteiger charge is 2.03. The van der Waals surface area contributed by atoms with Gasteiger partial charge in [0.1, 0.15) is 12.4 Å². The van der Waals surface area contributed by atoms with Crippen LogP contribution in [0.1, 0.15) is 12.5 Å². The van der Waals surface area contributed by atoms with E-state index in [1.807, 2.05) is 30.3 Å². The van der Waals surface area contributed by atoms with E-state index in [0.717, 1.165) is 5.56 Å². The zero-order valence-electron chi connectivity index (χ0n) is 12.9. The molecule has 0 aliphatic carbocycles. The van der Waals surface area contributed by atoms with E-state index in [2.05, 4.69) is 10.4 Å². The van der Waals surface area contributed by atoms with E-state index < -0.39 is 6.09 Å². The minimum absolute atomic E-state index is 0.225. The quantitative estimate of drug-likeness (QED) is 0.781. The van der Waals surface area contributed by atoms with E-state index >= 15 is 0 Å². The molecule has 0 aliphatic rings. The second kappa shape index (κ2) is 8.57. The fourth-order valence-electron chi connectivity index (χ4n) is 1.88. The Morgan fingerprint density at radius 3 is 2.78 bits per heavy atom. The Hall–Kier alpha value is -2.83. The van der Waals surface area contributed by atoms with E-state index in [0.29, 0.717) is 18.9 Å². The van der Waals surface area contributed by atoms with E-state index in [4.69, 9.17) is 9.47 Å². The third-order valence-electron chi connectivity index (χ3n) is 2.94. The first-order valence-corrected chi connectivity index (χ1v) is 7.33. The number of carbonyl (C=O) groups excluding carboxylic acids is 1. The standard InChI is InChI=1S/C16H19N3O4/c1-2-22-16(21)17-8-9-23-14-10-15(20)19(18-11-14)12-13-6-4-3-5-7-13/h3-7,10-11H,2,8-9,12H2,1H3,(H,17,21). The number of hydrogen-bond acceptors (Lipinski definition) is 5. The average molecular weight is 317 g/mol. The summed E-state index contributed by atoms with van der Waals surface area (Å²) in [4.78, 5) is 23.1. The minimum atomic E-state index is -0.493. The molecule has 0 atom stereocenters. The average Bonchev–Trinajstić information content (AvgIpc) is 2.55. The lowest BCUT2D eigenvalue weighted by atomic mass is 10.2. The first kappa shape index (κ1) is 16.5. The van der Waals surface area contributed by atoms with Crippen LogP contribution < -0.4 is 15.6 Å². The Kier molecular flexibility index (Phi) is 6.17. The lowest BCUT2D eigenvalue weighted by Crippen LogP contribution is -2.29. The maximum absolute atomic E-state index is 12.0. The molecule has 0 aliphatic heterocycles. The predicted molar refractivity (Wildman–Crippen MR) is 84.6 cm³/mol. The lowest BCUT2D eigenvalue weighted by molar-refractivity contribution is 0.150. The Balaban J connectivity index is 1.85. The molecule has 7 nitrogen and oxygen atoms in total. The van der Waals surface area contributed by atoms with Gasteiger partial charge in [0, 0.05) is 6.07 Å². The zero-order valence-corrected chi connectivity index (χ0v) is 12.9. The number of alkyl carbamates (subject to hydrolysis) is 1. The van der Waals surface area contributed by atoms with Crippen molar-refractivity contribution in [2.24, 2.45) is 0 Å². The van der Waals surface area contributed by atoms with Gasteiger partial charge in [-0.25, -0.2) is 9.48 Å². The van der Waals surface area contributed by atoms with Crippen LogP contribution in [0.5, 0.6) is 5.75 Å². The number of carbonyl (C=O) groups is 1. The van der Waals surface area contributed by atoms with Crippen molar-refractivity contribution in [1.29, 1.82) is 0 Å². The van der Waals surface area contributed by atoms with E-state index in [1.165, 1.54) is 16.9 Å². The normalized spacial score (nSPS) is 10.1. The molecule has 122 valence electrons. The molecule has 0 radical (unpaired) electrons. The number of nitrogens with zero attached hydrogens (tertiary/aromatic N) is 2. The van der Waals surface area contributed by atoms with Crippen LogP contribution in [0.2, 0.25) is 0 Å². The van der Waals surface area contributed by atoms with Crippen LogP contribution in [0.4, 0.5) is 4.79 Å². The van der Waals surface area contributed by atoms with Gasteiger partial charge in [-0.2, -0.15) is 5.10 Å². The number of amides is 1. The molecule has 1 aromatic carbocycles. The summed E-state index contributed by atoms with van der Waals surface area (Å²) < 4.78 is 11.4. The van der Waals surface area contributed by atoms with Crippen molar-refractivity contribution < 1.29 is 14.3 Å². The number of aromatic nitrogens is 2. The third-order valence-corrected chi connectivity index (χ3v) is 2.94. The summed E-state index contributed by atoms with van der Waals surface area (Å²) in [6, 6.07) is 11.0. The molecule has 2 aromatic rings. The Morgan fingerprint density at radius 2 is 2.09 bits per heavy atom. The van der Waals surface area contributed by atoms with E-state index in [1.54, 1.807) is 6.92 Å². The van der Waals surface area contributed by atoms with E-state index in [-0.39, 0.29) is 18.7 Å².